The number of nitrogens with one attached hydrogen (secondary N) is 1. The van der Waals surface area contributed by atoms with Crippen LogP contribution in [0, 0.1) is 5.92 Å². The van der Waals surface area contributed by atoms with Gasteiger partial charge in [-0.1, -0.05) is 39.3 Å². The van der Waals surface area contributed by atoms with E-state index in [9.17, 15) is 0 Å². The zero-order valence-electron chi connectivity index (χ0n) is 9.77. The lowest BCUT2D eigenvalue weighted by Gasteiger charge is -2.22. The first-order chi connectivity index (χ1) is 6.77. The maximum atomic E-state index is 3.51. The maximum Gasteiger partial charge on any atom is 0.0331 e. The zero-order chi connectivity index (χ0) is 10.4. The fourth-order valence-electron chi connectivity index (χ4n) is 1.94. The van der Waals surface area contributed by atoms with Crippen molar-refractivity contribution in [2.24, 2.45) is 5.92 Å². The SMILES string of the molecule is CC/C=C(\CCC)C1=CC(C)CCN1. The molecular formula is C13H23N. The van der Waals surface area contributed by atoms with Gasteiger partial charge in [-0.3, -0.25) is 0 Å². The van der Waals surface area contributed by atoms with Gasteiger partial charge in [0.1, 0.15) is 0 Å². The Morgan fingerprint density at radius 2 is 2.36 bits per heavy atom. The molecule has 1 aliphatic heterocycles. The van der Waals surface area contributed by atoms with Gasteiger partial charge in [0.2, 0.25) is 0 Å². The van der Waals surface area contributed by atoms with Crippen molar-refractivity contribution in [1.82, 2.24) is 5.32 Å². The Bertz CT molecular complexity index is 225. The van der Waals surface area contributed by atoms with Crippen molar-refractivity contribution >= 4 is 0 Å². The summed E-state index contributed by atoms with van der Waals surface area (Å²) < 4.78 is 0. The molecule has 0 radical (unpaired) electrons. The molecule has 0 aromatic carbocycles. The van der Waals surface area contributed by atoms with Crippen LogP contribution < -0.4 is 5.32 Å². The van der Waals surface area contributed by atoms with Crippen LogP contribution in [0.5, 0.6) is 0 Å². The molecule has 1 heteroatoms. The van der Waals surface area contributed by atoms with E-state index in [-0.39, 0.29) is 0 Å². The van der Waals surface area contributed by atoms with Crippen LogP contribution in [0.4, 0.5) is 0 Å². The molecule has 1 atom stereocenters. The summed E-state index contributed by atoms with van der Waals surface area (Å²) >= 11 is 0. The van der Waals surface area contributed by atoms with Gasteiger partial charge in [0.15, 0.2) is 0 Å². The average molecular weight is 193 g/mol. The molecular weight excluding hydrogens is 170 g/mol. The highest BCUT2D eigenvalue weighted by Crippen LogP contribution is 2.20. The Labute approximate surface area is 88.3 Å². The molecule has 1 unspecified atom stereocenters. The van der Waals surface area contributed by atoms with Crippen LogP contribution >= 0.6 is 0 Å². The van der Waals surface area contributed by atoms with E-state index in [1.807, 2.05) is 0 Å². The van der Waals surface area contributed by atoms with E-state index in [1.165, 1.54) is 30.5 Å². The highest BCUT2D eigenvalue weighted by atomic mass is 14.9. The summed E-state index contributed by atoms with van der Waals surface area (Å²) in [6.07, 6.45) is 9.61. The molecule has 0 aromatic heterocycles. The molecule has 1 rings (SSSR count). The summed E-state index contributed by atoms with van der Waals surface area (Å²) in [5, 5.41) is 3.51. The van der Waals surface area contributed by atoms with Gasteiger partial charge in [-0.15, -0.1) is 0 Å². The summed E-state index contributed by atoms with van der Waals surface area (Å²) in [4.78, 5) is 0. The van der Waals surface area contributed by atoms with Crippen LogP contribution in [0.2, 0.25) is 0 Å². The molecule has 0 saturated heterocycles. The van der Waals surface area contributed by atoms with Crippen LogP contribution in [0.3, 0.4) is 0 Å². The number of allylic oxidation sites excluding steroid dienone is 3. The lowest BCUT2D eigenvalue weighted by molar-refractivity contribution is 0.568. The van der Waals surface area contributed by atoms with E-state index in [2.05, 4.69) is 38.2 Å². The second kappa shape index (κ2) is 5.90. The van der Waals surface area contributed by atoms with E-state index < -0.39 is 0 Å². The van der Waals surface area contributed by atoms with E-state index in [0.717, 1.165) is 18.9 Å². The van der Waals surface area contributed by atoms with Crippen molar-refractivity contribution in [3.8, 4) is 0 Å². The minimum absolute atomic E-state index is 0.739. The van der Waals surface area contributed by atoms with E-state index in [1.54, 1.807) is 0 Å². The predicted octanol–water partition coefficient (Wildman–Crippen LogP) is 3.64. The number of hydrogen-bond acceptors (Lipinski definition) is 1. The summed E-state index contributed by atoms with van der Waals surface area (Å²) in [6.45, 7) is 7.90. The van der Waals surface area contributed by atoms with Crippen LogP contribution in [0.15, 0.2) is 23.4 Å². The zero-order valence-corrected chi connectivity index (χ0v) is 9.77. The van der Waals surface area contributed by atoms with Crippen molar-refractivity contribution in [2.45, 2.75) is 46.5 Å². The van der Waals surface area contributed by atoms with Crippen molar-refractivity contribution in [3.63, 3.8) is 0 Å². The Balaban J connectivity index is 2.71. The first-order valence-electron chi connectivity index (χ1n) is 5.93. The van der Waals surface area contributed by atoms with Crippen molar-refractivity contribution < 1.29 is 0 Å². The lowest BCUT2D eigenvalue weighted by Crippen LogP contribution is -2.23. The summed E-state index contributed by atoms with van der Waals surface area (Å²) in [5.74, 6) is 0.739. The van der Waals surface area contributed by atoms with Gasteiger partial charge in [-0.05, 0) is 30.8 Å². The summed E-state index contributed by atoms with van der Waals surface area (Å²) in [5.41, 5.74) is 2.91. The standard InChI is InChI=1S/C13H23N/c1-4-6-12(7-5-2)13-10-11(3)8-9-14-13/h6,10-11,14H,4-5,7-9H2,1-3H3/b12-6+. The van der Waals surface area contributed by atoms with Gasteiger partial charge in [-0.25, -0.2) is 0 Å². The van der Waals surface area contributed by atoms with Gasteiger partial charge < -0.3 is 5.32 Å². The molecule has 14 heavy (non-hydrogen) atoms. The van der Waals surface area contributed by atoms with Crippen molar-refractivity contribution in [1.29, 1.82) is 0 Å². The van der Waals surface area contributed by atoms with Crippen LogP contribution in [-0.4, -0.2) is 6.54 Å². The Morgan fingerprint density at radius 3 is 2.93 bits per heavy atom. The van der Waals surface area contributed by atoms with Gasteiger partial charge in [-0.2, -0.15) is 0 Å². The van der Waals surface area contributed by atoms with Crippen molar-refractivity contribution in [3.05, 3.63) is 23.4 Å². The summed E-state index contributed by atoms with van der Waals surface area (Å²) in [7, 11) is 0. The largest absolute Gasteiger partial charge is 0.385 e. The van der Waals surface area contributed by atoms with E-state index in [0.29, 0.717) is 0 Å². The normalized spacial score (nSPS) is 22.9. The smallest absolute Gasteiger partial charge is 0.0331 e. The van der Waals surface area contributed by atoms with Gasteiger partial charge >= 0.3 is 0 Å². The minimum atomic E-state index is 0.739. The van der Waals surface area contributed by atoms with E-state index >= 15 is 0 Å². The maximum absolute atomic E-state index is 3.51. The lowest BCUT2D eigenvalue weighted by atomic mass is 9.97. The first kappa shape index (κ1) is 11.4. The molecule has 1 heterocycles. The molecule has 80 valence electrons. The third-order valence-electron chi connectivity index (χ3n) is 2.68. The molecule has 1 N–H and O–H groups in total. The van der Waals surface area contributed by atoms with Crippen LogP contribution in [0.25, 0.3) is 0 Å². The Hall–Kier alpha value is -0.720. The number of hydrogen-bond donors (Lipinski definition) is 1. The molecule has 1 aliphatic rings. The molecule has 1 nitrogen and oxygen atoms in total. The van der Waals surface area contributed by atoms with Crippen LogP contribution in [0.1, 0.15) is 46.5 Å². The quantitative estimate of drug-likeness (QED) is 0.719. The topological polar surface area (TPSA) is 12.0 Å². The molecule has 0 saturated carbocycles. The highest BCUT2D eigenvalue weighted by molar-refractivity contribution is 5.31. The third kappa shape index (κ3) is 3.21. The predicted molar refractivity (Wildman–Crippen MR) is 63.1 cm³/mol. The third-order valence-corrected chi connectivity index (χ3v) is 2.68. The summed E-state index contributed by atoms with van der Waals surface area (Å²) in [6, 6.07) is 0. The van der Waals surface area contributed by atoms with Crippen LogP contribution in [-0.2, 0) is 0 Å². The monoisotopic (exact) mass is 193 g/mol. The molecule has 0 fully saturated rings. The minimum Gasteiger partial charge on any atom is -0.385 e. The molecule has 0 aromatic rings. The van der Waals surface area contributed by atoms with Gasteiger partial charge in [0, 0.05) is 12.2 Å². The van der Waals surface area contributed by atoms with Crippen molar-refractivity contribution in [2.75, 3.05) is 6.54 Å². The second-order valence-corrected chi connectivity index (χ2v) is 4.16. The number of rotatable bonds is 4. The molecule has 0 bridgehead atoms. The molecule has 0 amide bonds. The fraction of sp³-hybridized carbons (Fsp3) is 0.692. The molecule has 0 aliphatic carbocycles. The highest BCUT2D eigenvalue weighted by Gasteiger charge is 2.11. The Morgan fingerprint density at radius 1 is 1.57 bits per heavy atom. The second-order valence-electron chi connectivity index (χ2n) is 4.16. The Kier molecular flexibility index (Phi) is 4.78. The van der Waals surface area contributed by atoms with Gasteiger partial charge in [0.25, 0.3) is 0 Å². The average Bonchev–Trinajstić information content (AvgIpc) is 2.17. The first-order valence-corrected chi connectivity index (χ1v) is 5.93. The van der Waals surface area contributed by atoms with Gasteiger partial charge in [0.05, 0.1) is 0 Å². The molecule has 0 spiro atoms. The van der Waals surface area contributed by atoms with E-state index in [4.69, 9.17) is 0 Å². The fourth-order valence-corrected chi connectivity index (χ4v) is 1.94.